The Morgan fingerprint density at radius 1 is 1.32 bits per heavy atom. The summed E-state index contributed by atoms with van der Waals surface area (Å²) in [5.41, 5.74) is 0. The van der Waals surface area contributed by atoms with Crippen LogP contribution in [-0.2, 0) is 4.74 Å². The van der Waals surface area contributed by atoms with Gasteiger partial charge in [0.1, 0.15) is 6.67 Å². The van der Waals surface area contributed by atoms with Gasteiger partial charge in [-0.3, -0.25) is 5.01 Å². The predicted molar refractivity (Wildman–Crippen MR) is 56.1 cm³/mol. The molecule has 0 N–H and O–H groups in total. The van der Waals surface area contributed by atoms with E-state index in [0.717, 1.165) is 0 Å². The third-order valence-corrected chi connectivity index (χ3v) is 2.53. The number of fused-ring (bicyclic) bond motifs is 1. The fourth-order valence-corrected chi connectivity index (χ4v) is 1.50. The molecule has 9 heteroatoms. The van der Waals surface area contributed by atoms with Crippen molar-refractivity contribution in [2.24, 2.45) is 4.99 Å². The summed E-state index contributed by atoms with van der Waals surface area (Å²) in [7, 11) is 1.69. The van der Waals surface area contributed by atoms with Gasteiger partial charge in [-0.05, 0) is 12.2 Å². The molecule has 106 valence electrons. The molecule has 0 spiro atoms. The lowest BCUT2D eigenvalue weighted by molar-refractivity contribution is -0.293. The van der Waals surface area contributed by atoms with Crippen LogP contribution in [0.15, 0.2) is 29.1 Å². The van der Waals surface area contributed by atoms with Crippen LogP contribution in [0.25, 0.3) is 0 Å². The molecule has 0 saturated heterocycles. The fourth-order valence-electron chi connectivity index (χ4n) is 1.50. The molecule has 2 rings (SSSR count). The first kappa shape index (κ1) is 13.8. The Morgan fingerprint density at radius 3 is 2.63 bits per heavy atom. The number of rotatable bonds is 3. The number of halogens is 5. The van der Waals surface area contributed by atoms with Crippen molar-refractivity contribution in [3.05, 3.63) is 24.1 Å². The number of ether oxygens (including phenoxy) is 1. The van der Waals surface area contributed by atoms with E-state index in [2.05, 4.69) is 9.73 Å². The highest BCUT2D eigenvalue weighted by Crippen LogP contribution is 2.36. The lowest BCUT2D eigenvalue weighted by Gasteiger charge is -2.27. The largest absolute Gasteiger partial charge is 0.483 e. The van der Waals surface area contributed by atoms with Gasteiger partial charge in [-0.15, -0.1) is 0 Å². The van der Waals surface area contributed by atoms with E-state index in [9.17, 15) is 22.0 Å². The second-order valence-corrected chi connectivity index (χ2v) is 3.99. The molecule has 0 bridgehead atoms. The fraction of sp³-hybridized carbons (Fsp3) is 0.500. The normalized spacial score (nSPS) is 20.2. The van der Waals surface area contributed by atoms with Crippen molar-refractivity contribution in [2.45, 2.75) is 12.1 Å². The van der Waals surface area contributed by atoms with Crippen LogP contribution in [0.5, 0.6) is 0 Å². The second kappa shape index (κ2) is 4.48. The molecular formula is C10H10F5N3O. The van der Waals surface area contributed by atoms with Crippen molar-refractivity contribution in [3.63, 3.8) is 0 Å². The summed E-state index contributed by atoms with van der Waals surface area (Å²) in [6.45, 7) is -1.50. The van der Waals surface area contributed by atoms with Crippen LogP contribution in [0.2, 0.25) is 0 Å². The van der Waals surface area contributed by atoms with Crippen molar-refractivity contribution in [3.8, 4) is 0 Å². The number of aliphatic imine (C=N–C) groups is 1. The van der Waals surface area contributed by atoms with Gasteiger partial charge < -0.3 is 4.74 Å². The smallest absolute Gasteiger partial charge is 0.456 e. The zero-order valence-corrected chi connectivity index (χ0v) is 9.79. The molecule has 0 aromatic carbocycles. The van der Waals surface area contributed by atoms with Crippen LogP contribution in [-0.4, -0.2) is 48.3 Å². The molecule has 0 aromatic heterocycles. The molecule has 0 atom stereocenters. The molecule has 0 amide bonds. The maximum absolute atomic E-state index is 12.7. The maximum Gasteiger partial charge on any atom is 0.456 e. The quantitative estimate of drug-likeness (QED) is 0.743. The van der Waals surface area contributed by atoms with Gasteiger partial charge in [-0.1, -0.05) is 0 Å². The average Bonchev–Trinajstić information content (AvgIpc) is 2.68. The SMILES string of the molecule is CN1CN=C2C(OCC(F)(F)C(F)(F)F)=CC=CN21. The molecule has 0 saturated carbocycles. The van der Waals surface area contributed by atoms with E-state index in [1.807, 2.05) is 0 Å². The van der Waals surface area contributed by atoms with E-state index >= 15 is 0 Å². The molecule has 0 aromatic rings. The molecule has 2 aliphatic rings. The lowest BCUT2D eigenvalue weighted by Crippen LogP contribution is -2.42. The highest BCUT2D eigenvalue weighted by Gasteiger charge is 2.58. The van der Waals surface area contributed by atoms with Gasteiger partial charge in [0.05, 0.1) is 0 Å². The zero-order chi connectivity index (χ0) is 14.3. The lowest BCUT2D eigenvalue weighted by atomic mass is 10.3. The topological polar surface area (TPSA) is 28.1 Å². The summed E-state index contributed by atoms with van der Waals surface area (Å²) >= 11 is 0. The van der Waals surface area contributed by atoms with Gasteiger partial charge in [0.25, 0.3) is 0 Å². The van der Waals surface area contributed by atoms with Gasteiger partial charge in [-0.25, -0.2) is 4.99 Å². The Balaban J connectivity index is 2.05. The van der Waals surface area contributed by atoms with Gasteiger partial charge in [0, 0.05) is 13.2 Å². The van der Waals surface area contributed by atoms with E-state index in [-0.39, 0.29) is 18.3 Å². The van der Waals surface area contributed by atoms with E-state index in [4.69, 9.17) is 0 Å². The summed E-state index contributed by atoms with van der Waals surface area (Å²) in [4.78, 5) is 3.98. The summed E-state index contributed by atoms with van der Waals surface area (Å²) in [5, 5.41) is 3.14. The van der Waals surface area contributed by atoms with E-state index in [1.54, 1.807) is 18.3 Å². The van der Waals surface area contributed by atoms with Crippen molar-refractivity contribution < 1.29 is 26.7 Å². The molecule has 2 heterocycles. The minimum atomic E-state index is -5.63. The second-order valence-electron chi connectivity index (χ2n) is 3.99. The molecule has 19 heavy (non-hydrogen) atoms. The van der Waals surface area contributed by atoms with Gasteiger partial charge in [0.15, 0.2) is 18.2 Å². The molecule has 0 unspecified atom stereocenters. The molecular weight excluding hydrogens is 273 g/mol. The van der Waals surface area contributed by atoms with Crippen LogP contribution in [0.1, 0.15) is 0 Å². The summed E-state index contributed by atoms with van der Waals surface area (Å²) in [6, 6.07) is 0. The number of hydrogen-bond acceptors (Lipinski definition) is 4. The Bertz CT molecular complexity index is 455. The van der Waals surface area contributed by atoms with Crippen molar-refractivity contribution >= 4 is 5.84 Å². The molecule has 0 aliphatic carbocycles. The van der Waals surface area contributed by atoms with E-state index < -0.39 is 18.7 Å². The first-order chi connectivity index (χ1) is 8.72. The Labute approximate surface area is 105 Å². The standard InChI is InChI=1S/C10H10F5N3O/c1-17-6-16-8-7(3-2-4-18(8)17)19-5-9(11,12)10(13,14)15/h2-4H,5-6H2,1H3. The van der Waals surface area contributed by atoms with Gasteiger partial charge in [-0.2, -0.15) is 27.0 Å². The summed E-state index contributed by atoms with van der Waals surface area (Å²) < 4.78 is 66.1. The monoisotopic (exact) mass is 283 g/mol. The summed E-state index contributed by atoms with van der Waals surface area (Å²) in [6.07, 6.45) is -1.27. The van der Waals surface area contributed by atoms with Crippen molar-refractivity contribution in [1.29, 1.82) is 0 Å². The zero-order valence-electron chi connectivity index (χ0n) is 9.79. The number of nitrogens with zero attached hydrogens (tertiary/aromatic N) is 3. The third kappa shape index (κ3) is 2.55. The first-order valence-electron chi connectivity index (χ1n) is 5.23. The minimum absolute atomic E-state index is 0.115. The van der Waals surface area contributed by atoms with Crippen molar-refractivity contribution in [1.82, 2.24) is 10.0 Å². The first-order valence-corrected chi connectivity index (χ1v) is 5.23. The highest BCUT2D eigenvalue weighted by atomic mass is 19.4. The van der Waals surface area contributed by atoms with E-state index in [0.29, 0.717) is 0 Å². The van der Waals surface area contributed by atoms with Crippen LogP contribution in [0.3, 0.4) is 0 Å². The van der Waals surface area contributed by atoms with Gasteiger partial charge >= 0.3 is 12.1 Å². The third-order valence-electron chi connectivity index (χ3n) is 2.53. The Kier molecular flexibility index (Phi) is 3.25. The maximum atomic E-state index is 12.7. The minimum Gasteiger partial charge on any atom is -0.483 e. The number of allylic oxidation sites excluding steroid dienone is 2. The van der Waals surface area contributed by atoms with Crippen molar-refractivity contribution in [2.75, 3.05) is 20.3 Å². The number of hydrogen-bond donors (Lipinski definition) is 0. The molecule has 0 fully saturated rings. The molecule has 4 nitrogen and oxygen atoms in total. The number of alkyl halides is 5. The van der Waals surface area contributed by atoms with Crippen LogP contribution < -0.4 is 0 Å². The summed E-state index contributed by atoms with van der Waals surface area (Å²) in [5.74, 6) is -4.80. The Hall–Kier alpha value is -1.64. The Morgan fingerprint density at radius 2 is 2.00 bits per heavy atom. The number of hydrazine groups is 1. The van der Waals surface area contributed by atoms with Gasteiger partial charge in [0.2, 0.25) is 0 Å². The number of amidine groups is 1. The van der Waals surface area contributed by atoms with Crippen LogP contribution in [0, 0.1) is 0 Å². The predicted octanol–water partition coefficient (Wildman–Crippen LogP) is 2.13. The van der Waals surface area contributed by atoms with E-state index in [1.165, 1.54) is 17.2 Å². The molecule has 2 aliphatic heterocycles. The molecule has 0 radical (unpaired) electrons. The van der Waals surface area contributed by atoms with Crippen LogP contribution >= 0.6 is 0 Å². The average molecular weight is 283 g/mol. The highest BCUT2D eigenvalue weighted by molar-refractivity contribution is 5.98. The van der Waals surface area contributed by atoms with Crippen LogP contribution in [0.4, 0.5) is 22.0 Å².